The average molecular weight is 598 g/mol. The van der Waals surface area contributed by atoms with Crippen LogP contribution in [0.3, 0.4) is 0 Å². The normalized spacial score (nSPS) is 12.0. The van der Waals surface area contributed by atoms with Gasteiger partial charge in [-0.1, -0.05) is 35.9 Å². The maximum absolute atomic E-state index is 5.27. The van der Waals surface area contributed by atoms with Crippen LogP contribution in [0.4, 0.5) is 0 Å². The molecule has 0 radical (unpaired) electrons. The van der Waals surface area contributed by atoms with Crippen molar-refractivity contribution in [2.24, 2.45) is 10.2 Å². The Bertz CT molecular complexity index is 1630. The summed E-state index contributed by atoms with van der Waals surface area (Å²) in [7, 11) is 7.23. The number of methoxy groups -OCH3 is 2. The Balaban J connectivity index is 1.55. The van der Waals surface area contributed by atoms with E-state index in [9.17, 15) is 0 Å². The maximum atomic E-state index is 5.27. The molecule has 0 fully saturated rings. The highest BCUT2D eigenvalue weighted by atomic mass is 16.5. The molecule has 6 heteroatoms. The second-order valence-corrected chi connectivity index (χ2v) is 10.5. The predicted octanol–water partition coefficient (Wildman–Crippen LogP) is 8.29. The minimum absolute atomic E-state index is 0.817. The molecular formula is C39H41N4O2+. The largest absolute Gasteiger partial charge is 0.497 e. The van der Waals surface area contributed by atoms with Crippen LogP contribution < -0.4 is 9.47 Å². The monoisotopic (exact) mass is 597 g/mol. The molecule has 0 amide bonds. The van der Waals surface area contributed by atoms with Gasteiger partial charge in [0.2, 0.25) is 0 Å². The van der Waals surface area contributed by atoms with Gasteiger partial charge in [0.15, 0.2) is 6.04 Å². The van der Waals surface area contributed by atoms with Crippen molar-refractivity contribution in [3.05, 3.63) is 167 Å². The highest BCUT2D eigenvalue weighted by Gasteiger charge is 2.19. The number of hydrogen-bond donors (Lipinski definition) is 0. The second kappa shape index (κ2) is 16.4. The first-order valence-electron chi connectivity index (χ1n) is 14.8. The lowest BCUT2D eigenvalue weighted by atomic mass is 10.0. The lowest BCUT2D eigenvalue weighted by Gasteiger charge is -2.17. The first kappa shape index (κ1) is 32.4. The van der Waals surface area contributed by atoms with Crippen LogP contribution in [0.2, 0.25) is 0 Å². The van der Waals surface area contributed by atoms with E-state index >= 15 is 0 Å². The molecule has 4 aromatic carbocycles. The fourth-order valence-corrected chi connectivity index (χ4v) is 4.40. The van der Waals surface area contributed by atoms with Gasteiger partial charge in [0.25, 0.3) is 0 Å². The number of benzene rings is 4. The average Bonchev–Trinajstić information content (AvgIpc) is 3.07. The van der Waals surface area contributed by atoms with Crippen molar-refractivity contribution in [3.63, 3.8) is 0 Å². The molecular weight excluding hydrogens is 556 g/mol. The van der Waals surface area contributed by atoms with E-state index in [0.717, 1.165) is 45.5 Å². The summed E-state index contributed by atoms with van der Waals surface area (Å²) < 4.78 is 10.5. The van der Waals surface area contributed by atoms with Gasteiger partial charge in [-0.3, -0.25) is 5.01 Å². The lowest BCUT2D eigenvalue weighted by Crippen LogP contribution is -2.18. The number of ether oxygens (including phenoxy) is 2. The molecule has 0 aromatic heterocycles. The van der Waals surface area contributed by atoms with Gasteiger partial charge in [-0.2, -0.15) is 10.2 Å². The molecule has 4 aromatic rings. The zero-order valence-electron chi connectivity index (χ0n) is 26.9. The van der Waals surface area contributed by atoms with Crippen molar-refractivity contribution >= 4 is 18.1 Å². The van der Waals surface area contributed by atoms with Gasteiger partial charge in [0, 0.05) is 38.4 Å². The topological polar surface area (TPSA) is 49.7 Å². The molecule has 4 rings (SSSR count). The quantitative estimate of drug-likeness (QED) is 0.0674. The van der Waals surface area contributed by atoms with Crippen molar-refractivity contribution in [1.29, 1.82) is 0 Å². The van der Waals surface area contributed by atoms with Gasteiger partial charge in [-0.25, -0.2) is 5.01 Å². The van der Waals surface area contributed by atoms with E-state index < -0.39 is 0 Å². The summed E-state index contributed by atoms with van der Waals surface area (Å²) in [6, 6.07) is 33.5. The highest BCUT2D eigenvalue weighted by molar-refractivity contribution is 5.80. The van der Waals surface area contributed by atoms with Crippen LogP contribution in [0, 0.1) is 19.9 Å². The Hall–Kier alpha value is -5.49. The van der Waals surface area contributed by atoms with E-state index in [-0.39, 0.29) is 0 Å². The number of likely N-dealkylation sites (N-methyl/N-ethyl adjacent to an activating group) is 1. The van der Waals surface area contributed by atoms with E-state index in [2.05, 4.69) is 74.5 Å². The minimum atomic E-state index is 0.817. The number of aryl methyl sites for hydroxylation is 2. The number of rotatable bonds is 13. The van der Waals surface area contributed by atoms with E-state index in [1.807, 2.05) is 103 Å². The van der Waals surface area contributed by atoms with Crippen LogP contribution in [0.15, 0.2) is 138 Å². The van der Waals surface area contributed by atoms with Crippen molar-refractivity contribution in [2.75, 3.05) is 28.3 Å². The zero-order valence-corrected chi connectivity index (χ0v) is 26.9. The van der Waals surface area contributed by atoms with E-state index in [1.165, 1.54) is 11.1 Å². The molecule has 0 spiro atoms. The third-order valence-corrected chi connectivity index (χ3v) is 7.11. The number of nitrogens with zero attached hydrogens (tertiary/aromatic N) is 4. The first-order chi connectivity index (χ1) is 21.9. The molecule has 6 nitrogen and oxygen atoms in total. The second-order valence-electron chi connectivity index (χ2n) is 10.5. The van der Waals surface area contributed by atoms with Crippen molar-refractivity contribution in [3.8, 4) is 11.5 Å². The Morgan fingerprint density at radius 1 is 0.622 bits per heavy atom. The molecule has 0 N–H and O–H groups in total. The standard InChI is InChI=1S/C39H41N4O2/c1-30-12-20-34(21-13-30)38(42(3)40-28-32-16-24-36(44-5)25-17-32)10-8-7-9-11-39(35-22-14-31(2)15-23-35)43(4)41-29-33-18-26-37(45-6)27-19-33/h7-29H,1-6H3/q+1/b8-7+,11-9+,38-10+,40-28+,41-29+. The summed E-state index contributed by atoms with van der Waals surface area (Å²) in [5.41, 5.74) is 7.50. The van der Waals surface area contributed by atoms with Gasteiger partial charge >= 0.3 is 0 Å². The Labute approximate surface area is 267 Å². The van der Waals surface area contributed by atoms with Crippen LogP contribution in [0.5, 0.6) is 11.5 Å². The molecule has 0 aliphatic carbocycles. The summed E-state index contributed by atoms with van der Waals surface area (Å²) in [6.07, 6.45) is 13.9. The maximum Gasteiger partial charge on any atom is 0.154 e. The fourth-order valence-electron chi connectivity index (χ4n) is 4.40. The summed E-state index contributed by atoms with van der Waals surface area (Å²) in [5.74, 6) is 1.63. The molecule has 0 bridgehead atoms. The molecule has 45 heavy (non-hydrogen) atoms. The third-order valence-electron chi connectivity index (χ3n) is 7.11. The SMILES string of the molecule is COc1ccc(/C=N/N(C)/C(=C/C=C/C=C/[C+](c2ccc(C)cc2)N(C)/N=C/c2ccc(OC)cc2)c2ccc(C)cc2)cc1. The number of hydrogen-bond acceptors (Lipinski definition) is 6. The van der Waals surface area contributed by atoms with E-state index in [0.29, 0.717) is 0 Å². The Morgan fingerprint density at radius 3 is 1.67 bits per heavy atom. The van der Waals surface area contributed by atoms with E-state index in [1.54, 1.807) is 14.2 Å². The molecule has 0 unspecified atom stereocenters. The van der Waals surface area contributed by atoms with Crippen molar-refractivity contribution < 1.29 is 9.47 Å². The molecule has 0 heterocycles. The van der Waals surface area contributed by atoms with Crippen LogP contribution >= 0.6 is 0 Å². The first-order valence-corrected chi connectivity index (χ1v) is 14.8. The molecule has 0 atom stereocenters. The Morgan fingerprint density at radius 2 is 1.13 bits per heavy atom. The van der Waals surface area contributed by atoms with Gasteiger partial charge in [-0.05, 0) is 109 Å². The fraction of sp³-hybridized carbons (Fsp3) is 0.154. The molecule has 0 aliphatic rings. The molecule has 0 saturated heterocycles. The summed E-state index contributed by atoms with van der Waals surface area (Å²) in [6.45, 7) is 4.17. The molecule has 0 saturated carbocycles. The van der Waals surface area contributed by atoms with Gasteiger partial charge < -0.3 is 9.47 Å². The summed E-state index contributed by atoms with van der Waals surface area (Å²) in [4.78, 5) is 0. The Kier molecular flexibility index (Phi) is 11.8. The lowest BCUT2D eigenvalue weighted by molar-refractivity contribution is 0.411. The van der Waals surface area contributed by atoms with Crippen molar-refractivity contribution in [2.45, 2.75) is 13.8 Å². The van der Waals surface area contributed by atoms with Crippen LogP contribution in [0.1, 0.15) is 33.4 Å². The van der Waals surface area contributed by atoms with Crippen LogP contribution in [-0.4, -0.2) is 50.8 Å². The number of hydrazone groups is 2. The van der Waals surface area contributed by atoms with Crippen molar-refractivity contribution in [1.82, 2.24) is 10.0 Å². The highest BCUT2D eigenvalue weighted by Crippen LogP contribution is 2.22. The summed E-state index contributed by atoms with van der Waals surface area (Å²) >= 11 is 0. The van der Waals surface area contributed by atoms with Gasteiger partial charge in [-0.15, -0.1) is 0 Å². The molecule has 0 aliphatic heterocycles. The van der Waals surface area contributed by atoms with Gasteiger partial charge in [0.1, 0.15) is 17.1 Å². The van der Waals surface area contributed by atoms with Crippen LogP contribution in [0.25, 0.3) is 5.70 Å². The zero-order chi connectivity index (χ0) is 32.0. The summed E-state index contributed by atoms with van der Waals surface area (Å²) in [5, 5.41) is 13.2. The number of allylic oxidation sites excluding steroid dienone is 4. The third kappa shape index (κ3) is 9.76. The van der Waals surface area contributed by atoms with Gasteiger partial charge in [0.05, 0.1) is 32.3 Å². The van der Waals surface area contributed by atoms with E-state index in [4.69, 9.17) is 19.7 Å². The predicted molar refractivity (Wildman–Crippen MR) is 188 cm³/mol. The molecule has 228 valence electrons. The van der Waals surface area contributed by atoms with Crippen LogP contribution in [-0.2, 0) is 0 Å². The minimum Gasteiger partial charge on any atom is -0.497 e. The smallest absolute Gasteiger partial charge is 0.154 e.